The molecule has 0 N–H and O–H groups in total. The molecule has 0 unspecified atom stereocenters. The molecule has 0 aliphatic heterocycles. The third-order valence-corrected chi connectivity index (χ3v) is 14.7. The van der Waals surface area contributed by atoms with Crippen LogP contribution in [0, 0.1) is 71.0 Å². The second-order valence-corrected chi connectivity index (χ2v) is 22.1. The SMILES string of the molecule is Cc1ccc(-c2cc[c-]c(-c3ccccn3)c2)cc1.Cc1cccc(-c2[c-]ccc(-c3ccccc3)c2)n1.Cc1cccc(-c2[c-]cccc2)n1.Cc1ccnc(-c2[c-]ccc(-c3ccccc3)c2)c1.Cc1ccnc(-c2[c-]cccc2)c1.[Ir].[Ir].[Ir].[c-]1ccccc1-c1ccccn1. The average Bonchev–Trinajstić information content (AvgIpc) is 0.874. The number of aryl methyl sites for hydroxylation is 5. The van der Waals surface area contributed by atoms with Gasteiger partial charge in [0.1, 0.15) is 0 Å². The molecule has 0 spiro atoms. The molecule has 3 radical (unpaired) electrons. The van der Waals surface area contributed by atoms with E-state index in [1.165, 1.54) is 50.1 Å². The molecule has 0 fully saturated rings. The van der Waals surface area contributed by atoms with Crippen molar-refractivity contribution in [2.45, 2.75) is 34.6 Å². The third kappa shape index (κ3) is 23.6. The minimum atomic E-state index is 0. The molecule has 0 aliphatic carbocycles. The molecule has 9 aromatic carbocycles. The summed E-state index contributed by atoms with van der Waals surface area (Å²) in [6.07, 6.45) is 7.26. The zero-order valence-corrected chi connectivity index (χ0v) is 62.1. The molecule has 0 saturated carbocycles. The van der Waals surface area contributed by atoms with Crippen molar-refractivity contribution < 1.29 is 60.3 Å². The summed E-state index contributed by atoms with van der Waals surface area (Å²) in [4.78, 5) is 26.2. The van der Waals surface area contributed by atoms with Gasteiger partial charge in [0, 0.05) is 96.5 Å². The smallest absolute Gasteiger partial charge is 0.0266 e. The first-order chi connectivity index (χ1) is 46.7. The van der Waals surface area contributed by atoms with Gasteiger partial charge in [0.15, 0.2) is 0 Å². The zero-order valence-electron chi connectivity index (χ0n) is 54.9. The van der Waals surface area contributed by atoms with E-state index in [1.807, 2.05) is 220 Å². The van der Waals surface area contributed by atoms with Gasteiger partial charge >= 0.3 is 0 Å². The van der Waals surface area contributed by atoms with Crippen LogP contribution in [0.1, 0.15) is 28.1 Å². The van der Waals surface area contributed by atoms with Gasteiger partial charge in [0.25, 0.3) is 0 Å². The number of hydrogen-bond donors (Lipinski definition) is 0. The van der Waals surface area contributed by atoms with Crippen molar-refractivity contribution in [1.29, 1.82) is 0 Å². The first-order valence-corrected chi connectivity index (χ1v) is 31.4. The van der Waals surface area contributed by atoms with E-state index in [4.69, 9.17) is 0 Å². The monoisotopic (exact) mass is 1800 g/mol. The first kappa shape index (κ1) is 75.2. The zero-order chi connectivity index (χ0) is 65.7. The van der Waals surface area contributed by atoms with Crippen molar-refractivity contribution in [3.05, 3.63) is 399 Å². The van der Waals surface area contributed by atoms with E-state index in [2.05, 4.69) is 208 Å². The molecule has 6 nitrogen and oxygen atoms in total. The Labute approximate surface area is 619 Å². The minimum Gasteiger partial charge on any atom is -0.305 e. The third-order valence-electron chi connectivity index (χ3n) is 14.7. The molecule has 6 aromatic heterocycles. The summed E-state index contributed by atoms with van der Waals surface area (Å²) in [7, 11) is 0. The van der Waals surface area contributed by atoms with Crippen molar-refractivity contribution in [3.63, 3.8) is 0 Å². The van der Waals surface area contributed by atoms with Gasteiger partial charge in [-0.1, -0.05) is 162 Å². The summed E-state index contributed by atoms with van der Waals surface area (Å²) < 4.78 is 0. The average molecular weight is 1800 g/mol. The molecular weight excluding hydrogens is 1730 g/mol. The van der Waals surface area contributed by atoms with Crippen molar-refractivity contribution in [2.75, 3.05) is 0 Å². The molecule has 9 heteroatoms. The summed E-state index contributed by atoms with van der Waals surface area (Å²) in [5.41, 5.74) is 25.1. The van der Waals surface area contributed by atoms with Crippen LogP contribution in [0.4, 0.5) is 0 Å². The van der Waals surface area contributed by atoms with E-state index in [9.17, 15) is 0 Å². The van der Waals surface area contributed by atoms with Crippen LogP contribution < -0.4 is 0 Å². The van der Waals surface area contributed by atoms with Gasteiger partial charge in [-0.2, -0.15) is 0 Å². The predicted octanol–water partition coefficient (Wildman–Crippen LogP) is 21.8. The molecule has 0 aliphatic rings. The summed E-state index contributed by atoms with van der Waals surface area (Å²) in [6.45, 7) is 10.2. The molecule has 0 atom stereocenters. The van der Waals surface area contributed by atoms with Crippen molar-refractivity contribution >= 4 is 0 Å². The normalized spacial score (nSPS) is 9.85. The fourth-order valence-corrected chi connectivity index (χ4v) is 9.84. The van der Waals surface area contributed by atoms with Gasteiger partial charge in [-0.25, -0.2) is 0 Å². The van der Waals surface area contributed by atoms with Crippen LogP contribution in [0.15, 0.2) is 334 Å². The summed E-state index contributed by atoms with van der Waals surface area (Å²) in [6, 6.07) is 123. The van der Waals surface area contributed by atoms with Gasteiger partial charge in [-0.15, -0.1) is 214 Å². The summed E-state index contributed by atoms with van der Waals surface area (Å²) in [5, 5.41) is 0. The fraction of sp³-hybridized carbons (Fsp3) is 0.0562. The summed E-state index contributed by atoms with van der Waals surface area (Å²) >= 11 is 0. The topological polar surface area (TPSA) is 77.3 Å². The van der Waals surface area contributed by atoms with Gasteiger partial charge in [0.05, 0.1) is 0 Å². The maximum Gasteiger partial charge on any atom is 0.0266 e. The fourth-order valence-electron chi connectivity index (χ4n) is 9.84. The quantitative estimate of drug-likeness (QED) is 0.134. The second-order valence-electron chi connectivity index (χ2n) is 22.1. The first-order valence-electron chi connectivity index (χ1n) is 31.4. The Balaban J connectivity index is 0.000000166. The molecule has 6 heterocycles. The van der Waals surface area contributed by atoms with Crippen LogP contribution in [0.3, 0.4) is 0 Å². The summed E-state index contributed by atoms with van der Waals surface area (Å²) in [5.74, 6) is 0. The molecule has 15 rings (SSSR count). The molecule has 0 saturated heterocycles. The molecule has 0 amide bonds. The van der Waals surface area contributed by atoms with Crippen LogP contribution in [-0.2, 0) is 60.3 Å². The van der Waals surface area contributed by atoms with Gasteiger partial charge in [-0.3, -0.25) is 0 Å². The molecular formula is C89H70Ir3N6-6. The number of nitrogens with zero attached hydrogens (tertiary/aromatic N) is 6. The maximum absolute atomic E-state index is 4.55. The molecule has 0 bridgehead atoms. The van der Waals surface area contributed by atoms with Gasteiger partial charge in [-0.05, 0) is 122 Å². The maximum atomic E-state index is 4.55. The number of aromatic nitrogens is 6. The van der Waals surface area contributed by atoms with E-state index in [0.717, 1.165) is 78.9 Å². The predicted molar refractivity (Wildman–Crippen MR) is 391 cm³/mol. The number of pyridine rings is 6. The van der Waals surface area contributed by atoms with Crippen LogP contribution in [-0.4, -0.2) is 29.9 Å². The van der Waals surface area contributed by atoms with Crippen molar-refractivity contribution in [2.24, 2.45) is 0 Å². The van der Waals surface area contributed by atoms with E-state index in [1.54, 1.807) is 6.20 Å². The van der Waals surface area contributed by atoms with E-state index in [-0.39, 0.29) is 60.3 Å². The Morgan fingerprint density at radius 2 is 0.531 bits per heavy atom. The Bertz CT molecular complexity index is 4500. The number of hydrogen-bond acceptors (Lipinski definition) is 6. The van der Waals surface area contributed by atoms with Crippen LogP contribution in [0.5, 0.6) is 0 Å². The Kier molecular flexibility index (Phi) is 31.0. The molecule has 489 valence electrons. The number of benzene rings is 9. The largest absolute Gasteiger partial charge is 0.305 e. The molecule has 98 heavy (non-hydrogen) atoms. The van der Waals surface area contributed by atoms with Crippen molar-refractivity contribution in [1.82, 2.24) is 29.9 Å². The minimum absolute atomic E-state index is 0. The van der Waals surface area contributed by atoms with Gasteiger partial charge in [0.2, 0.25) is 0 Å². The van der Waals surface area contributed by atoms with E-state index >= 15 is 0 Å². The Morgan fingerprint density at radius 1 is 0.204 bits per heavy atom. The Morgan fingerprint density at radius 3 is 0.929 bits per heavy atom. The van der Waals surface area contributed by atoms with E-state index < -0.39 is 0 Å². The van der Waals surface area contributed by atoms with Gasteiger partial charge < -0.3 is 29.9 Å². The Hall–Kier alpha value is -10.2. The van der Waals surface area contributed by atoms with E-state index in [0.29, 0.717) is 0 Å². The second kappa shape index (κ2) is 40.4. The van der Waals surface area contributed by atoms with Crippen LogP contribution >= 0.6 is 0 Å². The van der Waals surface area contributed by atoms with Crippen molar-refractivity contribution in [3.8, 4) is 101 Å². The van der Waals surface area contributed by atoms with Crippen LogP contribution in [0.2, 0.25) is 0 Å². The standard InChI is InChI=1S/3C18H14N.2C12H10N.C11H8N.3Ir/c1-14-8-10-15(11-9-14)16-5-4-6-17(13-16)18-7-2-3-12-19-18;1-14-7-5-12-18(19-14)17-11-6-10-16(13-17)15-8-3-2-4-9-15;1-14-10-11-19-18(12-14)17-9-5-8-16(13-17)15-6-3-2-4-7-15;1-10-6-5-9-12(13-10)11-7-3-2-4-8-11;1-10-7-8-13-12(9-10)11-5-3-2-4-6-11;1-2-6-10(7-3-1)11-8-4-5-9-12-11;;;/h2-5,7-13H,1H3;2-10,12-13H,1H3;2-8,10-13H,1H3;2-7,9H,1H3;2-5,7-9H,1H3;1-6,8-9H;;;/q6*-1;;;. The molecule has 15 aromatic rings. The number of rotatable bonds is 9. The van der Waals surface area contributed by atoms with Crippen LogP contribution in [0.25, 0.3) is 101 Å².